The van der Waals surface area contributed by atoms with Crippen molar-refractivity contribution in [1.29, 1.82) is 0 Å². The van der Waals surface area contributed by atoms with Crippen LogP contribution in [0.15, 0.2) is 18.2 Å². The van der Waals surface area contributed by atoms with Crippen molar-refractivity contribution in [1.82, 2.24) is 0 Å². The number of phenols is 1. The molecule has 0 radical (unpaired) electrons. The van der Waals surface area contributed by atoms with Crippen LogP contribution in [-0.4, -0.2) is 11.1 Å². The summed E-state index contributed by atoms with van der Waals surface area (Å²) < 4.78 is 13.1. The van der Waals surface area contributed by atoms with Crippen molar-refractivity contribution in [2.24, 2.45) is 5.92 Å². The number of rotatable bonds is 2. The van der Waals surface area contributed by atoms with E-state index >= 15 is 0 Å². The molecule has 88 valence electrons. The van der Waals surface area contributed by atoms with Gasteiger partial charge in [-0.2, -0.15) is 0 Å². The molecule has 0 saturated heterocycles. The summed E-state index contributed by atoms with van der Waals surface area (Å²) in [5.74, 6) is -0.221. The summed E-state index contributed by atoms with van der Waals surface area (Å²) in [4.78, 5) is 0. The number of hydrogen-bond acceptors (Lipinski definition) is 2. The Morgan fingerprint density at radius 1 is 1.31 bits per heavy atom. The van der Waals surface area contributed by atoms with Gasteiger partial charge in [0, 0.05) is 17.8 Å². The Labute approximate surface area is 95.5 Å². The van der Waals surface area contributed by atoms with E-state index in [4.69, 9.17) is 5.11 Å². The van der Waals surface area contributed by atoms with Crippen molar-refractivity contribution in [3.05, 3.63) is 24.0 Å². The summed E-state index contributed by atoms with van der Waals surface area (Å²) in [7, 11) is 0. The maximum Gasteiger partial charge on any atom is 0.166 e. The zero-order chi connectivity index (χ0) is 11.5. The molecule has 2 rings (SSSR count). The highest BCUT2D eigenvalue weighted by Gasteiger charge is 2.21. The maximum absolute atomic E-state index is 13.1. The topological polar surface area (TPSA) is 32.3 Å². The predicted octanol–water partition coefficient (Wildman–Crippen LogP) is 3.52. The molecule has 1 aromatic carbocycles. The molecule has 1 aliphatic carbocycles. The first kappa shape index (κ1) is 11.2. The van der Waals surface area contributed by atoms with E-state index in [0.717, 1.165) is 12.1 Å². The molecule has 1 saturated carbocycles. The van der Waals surface area contributed by atoms with Crippen LogP contribution in [0.1, 0.15) is 32.6 Å². The molecule has 1 fully saturated rings. The van der Waals surface area contributed by atoms with E-state index in [1.165, 1.54) is 31.4 Å². The third kappa shape index (κ3) is 2.46. The van der Waals surface area contributed by atoms with E-state index in [2.05, 4.69) is 12.2 Å². The quantitative estimate of drug-likeness (QED) is 0.752. The molecule has 0 spiro atoms. The fourth-order valence-electron chi connectivity index (χ4n) is 2.34. The van der Waals surface area contributed by atoms with Gasteiger partial charge in [-0.1, -0.05) is 19.8 Å². The highest BCUT2D eigenvalue weighted by atomic mass is 19.1. The van der Waals surface area contributed by atoms with Crippen molar-refractivity contribution in [3.63, 3.8) is 0 Å². The highest BCUT2D eigenvalue weighted by Crippen LogP contribution is 2.28. The lowest BCUT2D eigenvalue weighted by Crippen LogP contribution is -2.30. The molecule has 2 nitrogen and oxygen atoms in total. The normalized spacial score (nSPS) is 25.4. The molecule has 1 aliphatic rings. The monoisotopic (exact) mass is 223 g/mol. The second-order valence-corrected chi connectivity index (χ2v) is 4.68. The third-order valence-electron chi connectivity index (χ3n) is 3.41. The van der Waals surface area contributed by atoms with Gasteiger partial charge in [-0.15, -0.1) is 0 Å². The molecule has 2 N–H and O–H groups in total. The highest BCUT2D eigenvalue weighted by molar-refractivity contribution is 5.47. The number of hydrogen-bond donors (Lipinski definition) is 2. The summed E-state index contributed by atoms with van der Waals surface area (Å²) in [6.07, 6.45) is 4.91. The van der Waals surface area contributed by atoms with Crippen LogP contribution in [0.2, 0.25) is 0 Å². The van der Waals surface area contributed by atoms with Crippen molar-refractivity contribution < 1.29 is 9.50 Å². The van der Waals surface area contributed by atoms with Gasteiger partial charge < -0.3 is 10.4 Å². The summed E-state index contributed by atoms with van der Waals surface area (Å²) in [5.41, 5.74) is 0.758. The fourth-order valence-corrected chi connectivity index (χ4v) is 2.34. The van der Waals surface area contributed by atoms with E-state index in [-0.39, 0.29) is 5.75 Å². The number of benzene rings is 1. The van der Waals surface area contributed by atoms with Gasteiger partial charge in [0.2, 0.25) is 0 Å². The van der Waals surface area contributed by atoms with Crippen LogP contribution in [0.25, 0.3) is 0 Å². The number of anilines is 1. The minimum atomic E-state index is -0.562. The molecule has 0 amide bonds. The number of phenolic OH excluding ortho intramolecular Hbond substituents is 1. The Morgan fingerprint density at radius 3 is 2.75 bits per heavy atom. The summed E-state index contributed by atoms with van der Waals surface area (Å²) >= 11 is 0. The predicted molar refractivity (Wildman–Crippen MR) is 63.1 cm³/mol. The van der Waals surface area contributed by atoms with Crippen molar-refractivity contribution in [2.75, 3.05) is 5.32 Å². The minimum absolute atomic E-state index is 0.290. The van der Waals surface area contributed by atoms with Crippen LogP contribution in [0, 0.1) is 11.7 Å². The Balaban J connectivity index is 2.05. The molecule has 0 heterocycles. The van der Waals surface area contributed by atoms with Gasteiger partial charge in [-0.05, 0) is 30.9 Å². The lowest BCUT2D eigenvalue weighted by molar-refractivity contribution is 0.349. The van der Waals surface area contributed by atoms with Gasteiger partial charge in [0.25, 0.3) is 0 Å². The summed E-state index contributed by atoms with van der Waals surface area (Å²) in [5, 5.41) is 12.4. The van der Waals surface area contributed by atoms with Crippen molar-refractivity contribution >= 4 is 5.69 Å². The van der Waals surface area contributed by atoms with Gasteiger partial charge in [0.15, 0.2) is 11.6 Å². The average molecular weight is 223 g/mol. The van der Waals surface area contributed by atoms with Crippen LogP contribution in [0.5, 0.6) is 5.75 Å². The first-order valence-electron chi connectivity index (χ1n) is 5.92. The smallest absolute Gasteiger partial charge is 0.166 e. The Bertz CT molecular complexity index is 367. The first-order chi connectivity index (χ1) is 7.66. The summed E-state index contributed by atoms with van der Waals surface area (Å²) in [6.45, 7) is 2.23. The lowest BCUT2D eigenvalue weighted by Gasteiger charge is -2.30. The molecule has 16 heavy (non-hydrogen) atoms. The molecule has 1 aromatic rings. The Morgan fingerprint density at radius 2 is 2.06 bits per heavy atom. The van der Waals surface area contributed by atoms with Gasteiger partial charge in [-0.25, -0.2) is 4.39 Å². The molecule has 0 aliphatic heterocycles. The lowest BCUT2D eigenvalue weighted by atomic mass is 9.86. The Hall–Kier alpha value is -1.25. The largest absolute Gasteiger partial charge is 0.505 e. The van der Waals surface area contributed by atoms with Crippen molar-refractivity contribution in [2.45, 2.75) is 38.6 Å². The zero-order valence-electron chi connectivity index (χ0n) is 9.54. The van der Waals surface area contributed by atoms with Gasteiger partial charge in [0.05, 0.1) is 0 Å². The molecule has 0 bridgehead atoms. The second-order valence-electron chi connectivity index (χ2n) is 4.68. The third-order valence-corrected chi connectivity index (χ3v) is 3.41. The van der Waals surface area contributed by atoms with Crippen LogP contribution in [0.4, 0.5) is 10.1 Å². The average Bonchev–Trinajstić information content (AvgIpc) is 2.27. The molecular formula is C13H18FNO. The van der Waals surface area contributed by atoms with Crippen LogP contribution in [0.3, 0.4) is 0 Å². The second kappa shape index (κ2) is 4.73. The molecular weight excluding hydrogens is 205 g/mol. The Kier molecular flexibility index (Phi) is 3.32. The van der Waals surface area contributed by atoms with Crippen LogP contribution < -0.4 is 5.32 Å². The van der Waals surface area contributed by atoms with Gasteiger partial charge in [0.1, 0.15) is 0 Å². The standard InChI is InChI=1S/C13H18FNO/c1-9-4-2-3-5-12(9)15-10-6-7-13(16)11(14)8-10/h6-9,12,15-16H,2-5H2,1H3. The van der Waals surface area contributed by atoms with E-state index < -0.39 is 5.82 Å². The number of nitrogens with one attached hydrogen (secondary N) is 1. The van der Waals surface area contributed by atoms with E-state index in [1.807, 2.05) is 0 Å². The first-order valence-corrected chi connectivity index (χ1v) is 5.92. The molecule has 2 atom stereocenters. The number of aromatic hydroxyl groups is 1. The van der Waals surface area contributed by atoms with E-state index in [9.17, 15) is 4.39 Å². The van der Waals surface area contributed by atoms with E-state index in [0.29, 0.717) is 12.0 Å². The zero-order valence-corrected chi connectivity index (χ0v) is 9.54. The maximum atomic E-state index is 13.1. The SMILES string of the molecule is CC1CCCCC1Nc1ccc(O)c(F)c1. The number of halogens is 1. The van der Waals surface area contributed by atoms with Crippen LogP contribution >= 0.6 is 0 Å². The molecule has 0 aromatic heterocycles. The van der Waals surface area contributed by atoms with Crippen LogP contribution in [-0.2, 0) is 0 Å². The fraction of sp³-hybridized carbons (Fsp3) is 0.538. The van der Waals surface area contributed by atoms with E-state index in [1.54, 1.807) is 6.07 Å². The minimum Gasteiger partial charge on any atom is -0.505 e. The van der Waals surface area contributed by atoms with Crippen molar-refractivity contribution in [3.8, 4) is 5.75 Å². The summed E-state index contributed by atoms with van der Waals surface area (Å²) in [6, 6.07) is 4.90. The van der Waals surface area contributed by atoms with Gasteiger partial charge >= 0.3 is 0 Å². The van der Waals surface area contributed by atoms with Gasteiger partial charge in [-0.3, -0.25) is 0 Å². The molecule has 3 heteroatoms. The molecule has 2 unspecified atom stereocenters.